The quantitative estimate of drug-likeness (QED) is 0.189. The summed E-state index contributed by atoms with van der Waals surface area (Å²) in [6.07, 6.45) is 1.89. The van der Waals surface area contributed by atoms with Gasteiger partial charge in [-0.2, -0.15) is 0 Å². The van der Waals surface area contributed by atoms with E-state index in [9.17, 15) is 14.4 Å². The molecule has 196 valence electrons. The summed E-state index contributed by atoms with van der Waals surface area (Å²) in [6.45, 7) is 5.31. The highest BCUT2D eigenvalue weighted by atomic mass is 79.9. The Labute approximate surface area is 220 Å². The number of hydrogen-bond donors (Lipinski definition) is 3. The van der Waals surface area contributed by atoms with Crippen LogP contribution in [0.4, 0.5) is 5.82 Å². The summed E-state index contributed by atoms with van der Waals surface area (Å²) in [5.74, 6) is -0.292. The van der Waals surface area contributed by atoms with Crippen LogP contribution in [0.3, 0.4) is 0 Å². The van der Waals surface area contributed by atoms with Gasteiger partial charge in [0.1, 0.15) is 17.2 Å². The molecule has 4 rings (SSSR count). The van der Waals surface area contributed by atoms with Crippen molar-refractivity contribution in [2.75, 3.05) is 12.3 Å². The molecule has 2 amide bonds. The number of carbonyl (C=O) groups is 4. The summed E-state index contributed by atoms with van der Waals surface area (Å²) in [6, 6.07) is 4.77. The van der Waals surface area contributed by atoms with Crippen molar-refractivity contribution in [3.8, 4) is 0 Å². The van der Waals surface area contributed by atoms with E-state index in [0.717, 1.165) is 16.9 Å². The number of nitrogen functional groups attached to an aromatic ring is 1. The minimum atomic E-state index is -0.624. The molecule has 0 saturated carbocycles. The highest BCUT2D eigenvalue weighted by molar-refractivity contribution is 9.10. The second kappa shape index (κ2) is 12.3. The molecule has 1 saturated heterocycles. The lowest BCUT2D eigenvalue weighted by molar-refractivity contribution is -0.676. The van der Waals surface area contributed by atoms with Gasteiger partial charge in [-0.1, -0.05) is 0 Å². The first-order chi connectivity index (χ1) is 17.7. The van der Waals surface area contributed by atoms with Crippen LogP contribution in [-0.4, -0.2) is 51.4 Å². The lowest BCUT2D eigenvalue weighted by Gasteiger charge is -2.08. The molecular formula is C23H26BrN7O6. The van der Waals surface area contributed by atoms with Gasteiger partial charge in [-0.25, -0.2) is 23.9 Å². The zero-order chi connectivity index (χ0) is 27.1. The molecule has 0 bridgehead atoms. The van der Waals surface area contributed by atoms with Gasteiger partial charge in [-0.3, -0.25) is 9.59 Å². The van der Waals surface area contributed by atoms with Crippen LogP contribution >= 0.6 is 15.9 Å². The number of carbonyl (C=O) groups excluding carboxylic acids is 4. The van der Waals surface area contributed by atoms with E-state index in [-0.39, 0.29) is 24.0 Å². The summed E-state index contributed by atoms with van der Waals surface area (Å²) in [7, 11) is 0. The van der Waals surface area contributed by atoms with Gasteiger partial charge in [-0.15, -0.1) is 0 Å². The van der Waals surface area contributed by atoms with Gasteiger partial charge in [-0.05, 0) is 41.9 Å². The first-order valence-corrected chi connectivity index (χ1v) is 12.2. The van der Waals surface area contributed by atoms with Crippen LogP contribution < -0.4 is 26.0 Å². The van der Waals surface area contributed by atoms with E-state index < -0.39 is 24.4 Å². The van der Waals surface area contributed by atoms with Crippen LogP contribution in [0.15, 0.2) is 29.0 Å². The number of hydrogen-bond acceptors (Lipinski definition) is 9. The van der Waals surface area contributed by atoms with Crippen molar-refractivity contribution in [2.45, 2.75) is 45.9 Å². The maximum absolute atomic E-state index is 12.8. The fraction of sp³-hybridized carbons (Fsp3) is 0.348. The SMILES string of the molecule is CCn1c(CNC(=O)c2nc(Br)cnc2N)[n+](CC)c2ccc(C(=O)N[C@H]3CCOC3=O)cc21.O=C[O-]. The Kier molecular flexibility index (Phi) is 9.11. The van der Waals surface area contributed by atoms with Gasteiger partial charge in [0.15, 0.2) is 22.5 Å². The summed E-state index contributed by atoms with van der Waals surface area (Å²) in [5.41, 5.74) is 8.06. The summed E-state index contributed by atoms with van der Waals surface area (Å²) >= 11 is 3.20. The molecule has 37 heavy (non-hydrogen) atoms. The number of fused-ring (bicyclic) bond motifs is 1. The number of nitrogens with zero attached hydrogens (tertiary/aromatic N) is 4. The van der Waals surface area contributed by atoms with Gasteiger partial charge in [0.05, 0.1) is 25.9 Å². The fourth-order valence-electron chi connectivity index (χ4n) is 4.09. The molecular weight excluding hydrogens is 550 g/mol. The maximum Gasteiger partial charge on any atom is 0.328 e. The van der Waals surface area contributed by atoms with E-state index in [2.05, 4.69) is 41.1 Å². The first kappa shape index (κ1) is 27.5. The minimum Gasteiger partial charge on any atom is -0.554 e. The van der Waals surface area contributed by atoms with Crippen molar-refractivity contribution in [3.63, 3.8) is 0 Å². The van der Waals surface area contributed by atoms with Gasteiger partial charge in [0, 0.05) is 24.5 Å². The largest absolute Gasteiger partial charge is 0.554 e. The molecule has 0 radical (unpaired) electrons. The Bertz CT molecular complexity index is 1340. The average Bonchev–Trinajstić information content (AvgIpc) is 3.43. The lowest BCUT2D eigenvalue weighted by atomic mass is 10.1. The van der Waals surface area contributed by atoms with E-state index in [4.69, 9.17) is 20.4 Å². The number of aryl methyl sites for hydroxylation is 2. The number of esters is 1. The molecule has 1 aromatic carbocycles. The Morgan fingerprint density at radius 1 is 1.35 bits per heavy atom. The second-order valence-electron chi connectivity index (χ2n) is 7.80. The maximum atomic E-state index is 12.8. The number of carboxylic acid groups (broad SMARTS) is 1. The van der Waals surface area contributed by atoms with E-state index in [1.54, 1.807) is 12.1 Å². The molecule has 1 aliphatic rings. The molecule has 3 heterocycles. The van der Waals surface area contributed by atoms with Crippen molar-refractivity contribution in [1.82, 2.24) is 25.2 Å². The molecule has 3 aromatic rings. The molecule has 14 heteroatoms. The number of cyclic esters (lactones) is 1. The highest BCUT2D eigenvalue weighted by Gasteiger charge is 2.29. The van der Waals surface area contributed by atoms with Crippen LogP contribution in [-0.2, 0) is 34.0 Å². The Morgan fingerprint density at radius 3 is 2.70 bits per heavy atom. The average molecular weight is 576 g/mol. The number of nitrogens with two attached hydrogens (primary N) is 1. The molecule has 13 nitrogen and oxygen atoms in total. The molecule has 4 N–H and O–H groups in total. The van der Waals surface area contributed by atoms with Gasteiger partial charge >= 0.3 is 5.97 Å². The van der Waals surface area contributed by atoms with Crippen molar-refractivity contribution in [2.24, 2.45) is 0 Å². The minimum absolute atomic E-state index is 0.0426. The van der Waals surface area contributed by atoms with E-state index >= 15 is 0 Å². The van der Waals surface area contributed by atoms with Crippen molar-refractivity contribution in [1.29, 1.82) is 0 Å². The zero-order valence-electron chi connectivity index (χ0n) is 20.2. The number of anilines is 1. The molecule has 0 unspecified atom stereocenters. The monoisotopic (exact) mass is 575 g/mol. The third kappa shape index (κ3) is 6.02. The number of halogens is 1. The standard InChI is InChI=1S/C22H24BrN7O4.CH2O2/c1-3-29-14-6-5-12(20(31)27-13-7-8-34-22(13)33)9-15(14)30(4-2)17(29)11-26-21(32)18-19(24)25-10-16(23)28-18;2-1-3/h5-6,9-10,13H,3-4,7-8,11H2,1-2H3,(H3-,24,25,26,27,31,32);1H,(H,2,3)/t13-;/m0./s1. The lowest BCUT2D eigenvalue weighted by Crippen LogP contribution is -2.40. The normalized spacial score (nSPS) is 14.5. The van der Waals surface area contributed by atoms with Gasteiger partial charge in [0.2, 0.25) is 0 Å². The van der Waals surface area contributed by atoms with Gasteiger partial charge < -0.3 is 31.0 Å². The first-order valence-electron chi connectivity index (χ1n) is 11.4. The number of aromatic nitrogens is 4. The zero-order valence-corrected chi connectivity index (χ0v) is 21.8. The number of amides is 2. The Balaban J connectivity index is 0.00000121. The van der Waals surface area contributed by atoms with Gasteiger partial charge in [0.25, 0.3) is 17.6 Å². The Hall–Kier alpha value is -4.07. The third-order valence-electron chi connectivity index (χ3n) is 5.71. The topological polar surface area (TPSA) is 185 Å². The molecule has 1 atom stereocenters. The predicted octanol–water partition coefficient (Wildman–Crippen LogP) is -0.555. The fourth-order valence-corrected chi connectivity index (χ4v) is 4.36. The van der Waals surface area contributed by atoms with Crippen molar-refractivity contribution in [3.05, 3.63) is 46.1 Å². The second-order valence-corrected chi connectivity index (χ2v) is 8.61. The number of rotatable bonds is 7. The molecule has 0 spiro atoms. The van der Waals surface area contributed by atoms with Crippen LogP contribution in [0.25, 0.3) is 11.0 Å². The number of imidazole rings is 1. The molecule has 2 aromatic heterocycles. The van der Waals surface area contributed by atoms with E-state index in [1.807, 2.05) is 24.5 Å². The number of nitrogens with one attached hydrogen (secondary N) is 2. The van der Waals surface area contributed by atoms with E-state index in [0.29, 0.717) is 36.3 Å². The van der Waals surface area contributed by atoms with Crippen LogP contribution in [0.1, 0.15) is 46.9 Å². The third-order valence-corrected chi connectivity index (χ3v) is 6.09. The van der Waals surface area contributed by atoms with Crippen LogP contribution in [0.2, 0.25) is 0 Å². The molecule has 1 fully saturated rings. The number of ether oxygens (including phenoxy) is 1. The Morgan fingerprint density at radius 2 is 2.08 bits per heavy atom. The summed E-state index contributed by atoms with van der Waals surface area (Å²) < 4.78 is 9.44. The summed E-state index contributed by atoms with van der Waals surface area (Å²) in [5, 5.41) is 13.9. The number of benzene rings is 1. The van der Waals surface area contributed by atoms with Crippen LogP contribution in [0.5, 0.6) is 0 Å². The van der Waals surface area contributed by atoms with Crippen molar-refractivity contribution >= 4 is 57.0 Å². The van der Waals surface area contributed by atoms with Crippen LogP contribution in [0, 0.1) is 0 Å². The molecule has 0 aliphatic carbocycles. The smallest absolute Gasteiger partial charge is 0.328 e. The highest BCUT2D eigenvalue weighted by Crippen LogP contribution is 2.19. The predicted molar refractivity (Wildman–Crippen MR) is 132 cm³/mol. The molecule has 1 aliphatic heterocycles. The van der Waals surface area contributed by atoms with Crippen molar-refractivity contribution < 1.29 is 33.6 Å². The van der Waals surface area contributed by atoms with E-state index in [1.165, 1.54) is 6.20 Å². The summed E-state index contributed by atoms with van der Waals surface area (Å²) in [4.78, 5) is 53.5.